The molecule has 0 saturated carbocycles. The number of ether oxygens (including phenoxy) is 1. The van der Waals surface area contributed by atoms with Crippen LogP contribution in [0.2, 0.25) is 0 Å². The van der Waals surface area contributed by atoms with E-state index in [4.69, 9.17) is 5.11 Å². The minimum absolute atomic E-state index is 0.0192. The minimum atomic E-state index is -4.87. The number of halogens is 4. The molecule has 0 aliphatic carbocycles. The number of aliphatic carboxylic acids is 1. The number of pyridine rings is 1. The molecule has 94 valence electrons. The Morgan fingerprint density at radius 2 is 2.18 bits per heavy atom. The summed E-state index contributed by atoms with van der Waals surface area (Å²) in [5.41, 5.74) is 0.321. The number of nitrogens with zero attached hydrogens (tertiary/aromatic N) is 1. The van der Waals surface area contributed by atoms with Crippen LogP contribution in [0, 0.1) is 10.6 Å². The zero-order valence-electron chi connectivity index (χ0n) is 8.51. The quantitative estimate of drug-likeness (QED) is 0.664. The summed E-state index contributed by atoms with van der Waals surface area (Å²) in [5, 5.41) is 8.65. The first-order valence-corrected chi connectivity index (χ1v) is 5.40. The standard InChI is InChI=1S/C9H7F3INO3/c1-4-3-14-8(13)7(17-9(10,11)12)5(4)2-6(15)16/h3H,2H2,1H3,(H,15,16). The number of alkyl halides is 3. The van der Waals surface area contributed by atoms with Crippen molar-refractivity contribution in [2.45, 2.75) is 19.7 Å². The normalized spacial score (nSPS) is 11.4. The molecule has 8 heteroatoms. The topological polar surface area (TPSA) is 59.4 Å². The number of carbonyl (C=O) groups is 1. The summed E-state index contributed by atoms with van der Waals surface area (Å²) >= 11 is 1.56. The number of aryl methyl sites for hydroxylation is 1. The van der Waals surface area contributed by atoms with Crippen LogP contribution in [0.25, 0.3) is 0 Å². The molecule has 0 bridgehead atoms. The molecule has 4 nitrogen and oxygen atoms in total. The Morgan fingerprint density at radius 3 is 2.65 bits per heavy atom. The van der Waals surface area contributed by atoms with Crippen molar-refractivity contribution in [2.24, 2.45) is 0 Å². The minimum Gasteiger partial charge on any atom is -0.481 e. The van der Waals surface area contributed by atoms with Crippen LogP contribution in [0.1, 0.15) is 11.1 Å². The Balaban J connectivity index is 3.24. The molecule has 0 unspecified atom stereocenters. The maximum atomic E-state index is 12.2. The van der Waals surface area contributed by atoms with E-state index in [0.717, 1.165) is 0 Å². The first kappa shape index (κ1) is 14.0. The second-order valence-electron chi connectivity index (χ2n) is 3.16. The van der Waals surface area contributed by atoms with E-state index in [1.807, 2.05) is 0 Å². The molecule has 1 N–H and O–H groups in total. The van der Waals surface area contributed by atoms with Gasteiger partial charge in [0, 0.05) is 11.8 Å². The second kappa shape index (κ2) is 5.07. The van der Waals surface area contributed by atoms with Crippen LogP contribution < -0.4 is 4.74 Å². The van der Waals surface area contributed by atoms with Crippen molar-refractivity contribution in [3.63, 3.8) is 0 Å². The fourth-order valence-electron chi connectivity index (χ4n) is 1.18. The summed E-state index contributed by atoms with van der Waals surface area (Å²) in [5.74, 6) is -1.78. The highest BCUT2D eigenvalue weighted by atomic mass is 127. The lowest BCUT2D eigenvalue weighted by Gasteiger charge is -2.15. The van der Waals surface area contributed by atoms with Crippen LogP contribution in [0.5, 0.6) is 5.75 Å². The number of carboxylic acids is 1. The lowest BCUT2D eigenvalue weighted by molar-refractivity contribution is -0.275. The van der Waals surface area contributed by atoms with E-state index in [1.165, 1.54) is 13.1 Å². The highest BCUT2D eigenvalue weighted by Gasteiger charge is 2.34. The fraction of sp³-hybridized carbons (Fsp3) is 0.333. The summed E-state index contributed by atoms with van der Waals surface area (Å²) in [4.78, 5) is 14.3. The van der Waals surface area contributed by atoms with E-state index < -0.39 is 24.5 Å². The average Bonchev–Trinajstić information content (AvgIpc) is 2.15. The van der Waals surface area contributed by atoms with Gasteiger partial charge in [-0.3, -0.25) is 4.79 Å². The van der Waals surface area contributed by atoms with Crippen molar-refractivity contribution in [1.29, 1.82) is 0 Å². The van der Waals surface area contributed by atoms with Crippen molar-refractivity contribution in [2.75, 3.05) is 0 Å². The molecule has 0 aliphatic heterocycles. The highest BCUT2D eigenvalue weighted by Crippen LogP contribution is 2.32. The van der Waals surface area contributed by atoms with Gasteiger partial charge in [-0.05, 0) is 35.1 Å². The second-order valence-corrected chi connectivity index (χ2v) is 4.18. The van der Waals surface area contributed by atoms with E-state index in [0.29, 0.717) is 5.56 Å². The third-order valence-corrected chi connectivity index (χ3v) is 2.62. The summed E-state index contributed by atoms with van der Waals surface area (Å²) in [6.45, 7) is 1.48. The molecule has 17 heavy (non-hydrogen) atoms. The summed E-state index contributed by atoms with van der Waals surface area (Å²) < 4.78 is 40.3. The van der Waals surface area contributed by atoms with Gasteiger partial charge in [0.25, 0.3) is 0 Å². The van der Waals surface area contributed by atoms with Crippen molar-refractivity contribution in [3.8, 4) is 5.75 Å². The summed E-state index contributed by atoms with van der Waals surface area (Å²) in [6, 6.07) is 0. The maximum Gasteiger partial charge on any atom is 0.573 e. The van der Waals surface area contributed by atoms with E-state index in [-0.39, 0.29) is 9.26 Å². The largest absolute Gasteiger partial charge is 0.573 e. The monoisotopic (exact) mass is 361 g/mol. The Kier molecular flexibility index (Phi) is 4.17. The van der Waals surface area contributed by atoms with E-state index in [2.05, 4.69) is 9.72 Å². The van der Waals surface area contributed by atoms with Gasteiger partial charge < -0.3 is 9.84 Å². The van der Waals surface area contributed by atoms with Gasteiger partial charge in [0.1, 0.15) is 3.70 Å². The lowest BCUT2D eigenvalue weighted by atomic mass is 10.1. The molecule has 0 atom stereocenters. The molecule has 1 rings (SSSR count). The lowest BCUT2D eigenvalue weighted by Crippen LogP contribution is -2.20. The van der Waals surface area contributed by atoms with Crippen molar-refractivity contribution >= 4 is 28.6 Å². The number of hydrogen-bond donors (Lipinski definition) is 1. The molecule has 0 amide bonds. The van der Waals surface area contributed by atoms with Crippen molar-refractivity contribution < 1.29 is 27.8 Å². The number of aromatic nitrogens is 1. The molecule has 0 aromatic carbocycles. The number of rotatable bonds is 3. The molecule has 1 heterocycles. The molecule has 1 aromatic heterocycles. The Morgan fingerprint density at radius 1 is 1.59 bits per heavy atom. The molecule has 1 aromatic rings. The first-order chi connectivity index (χ1) is 7.70. The molecule has 0 saturated heterocycles. The van der Waals surface area contributed by atoms with Crippen LogP contribution in [0.3, 0.4) is 0 Å². The molecular weight excluding hydrogens is 354 g/mol. The maximum absolute atomic E-state index is 12.2. The first-order valence-electron chi connectivity index (χ1n) is 4.32. The predicted octanol–water partition coefficient (Wildman–Crippen LogP) is 2.52. The smallest absolute Gasteiger partial charge is 0.481 e. The molecular formula is C9H7F3INO3. The van der Waals surface area contributed by atoms with Crippen LogP contribution in [0.15, 0.2) is 6.20 Å². The Hall–Kier alpha value is -1.06. The van der Waals surface area contributed by atoms with E-state index >= 15 is 0 Å². The number of hydrogen-bond acceptors (Lipinski definition) is 3. The third kappa shape index (κ3) is 4.02. The van der Waals surface area contributed by atoms with E-state index in [9.17, 15) is 18.0 Å². The summed E-state index contributed by atoms with van der Waals surface area (Å²) in [7, 11) is 0. The van der Waals surface area contributed by atoms with Gasteiger partial charge in [-0.25, -0.2) is 4.98 Å². The van der Waals surface area contributed by atoms with Gasteiger partial charge >= 0.3 is 12.3 Å². The van der Waals surface area contributed by atoms with Crippen LogP contribution in [-0.2, 0) is 11.2 Å². The average molecular weight is 361 g/mol. The van der Waals surface area contributed by atoms with Gasteiger partial charge in [0.2, 0.25) is 0 Å². The Labute approximate surface area is 108 Å². The van der Waals surface area contributed by atoms with Gasteiger partial charge in [-0.1, -0.05) is 0 Å². The van der Waals surface area contributed by atoms with Gasteiger partial charge in [-0.15, -0.1) is 13.2 Å². The van der Waals surface area contributed by atoms with Crippen molar-refractivity contribution in [1.82, 2.24) is 4.98 Å². The van der Waals surface area contributed by atoms with E-state index in [1.54, 1.807) is 22.6 Å². The Bertz CT molecular complexity index is 448. The molecule has 0 fully saturated rings. The predicted molar refractivity (Wildman–Crippen MR) is 59.7 cm³/mol. The number of carboxylic acid groups (broad SMARTS) is 1. The van der Waals surface area contributed by atoms with Crippen LogP contribution in [-0.4, -0.2) is 22.4 Å². The molecule has 0 radical (unpaired) electrons. The van der Waals surface area contributed by atoms with Gasteiger partial charge in [0.05, 0.1) is 6.42 Å². The highest BCUT2D eigenvalue weighted by molar-refractivity contribution is 14.1. The SMILES string of the molecule is Cc1cnc(I)c(OC(F)(F)F)c1CC(=O)O. The van der Waals surface area contributed by atoms with Crippen LogP contribution >= 0.6 is 22.6 Å². The fourth-order valence-corrected chi connectivity index (χ4v) is 1.76. The summed E-state index contributed by atoms with van der Waals surface area (Å²) in [6.07, 6.45) is -4.11. The van der Waals surface area contributed by atoms with Crippen LogP contribution in [0.4, 0.5) is 13.2 Å². The van der Waals surface area contributed by atoms with Gasteiger partial charge in [-0.2, -0.15) is 0 Å². The third-order valence-electron chi connectivity index (χ3n) is 1.85. The van der Waals surface area contributed by atoms with Crippen molar-refractivity contribution in [3.05, 3.63) is 21.0 Å². The zero-order valence-corrected chi connectivity index (χ0v) is 10.7. The zero-order chi connectivity index (χ0) is 13.2. The molecule has 0 aliphatic rings. The van der Waals surface area contributed by atoms with Gasteiger partial charge in [0.15, 0.2) is 5.75 Å². The molecule has 0 spiro atoms.